The van der Waals surface area contributed by atoms with Crippen molar-refractivity contribution in [3.63, 3.8) is 0 Å². The molecule has 0 aliphatic carbocycles. The highest BCUT2D eigenvalue weighted by atomic mass is 127. The Hall–Kier alpha value is -1.72. The molecule has 0 radical (unpaired) electrons. The molecule has 0 fully saturated rings. The molecule has 1 heterocycles. The topological polar surface area (TPSA) is 84.3 Å². The maximum Gasteiger partial charge on any atom is 0.203 e. The molecule has 0 saturated carbocycles. The molecule has 2 aromatic rings. The highest BCUT2D eigenvalue weighted by molar-refractivity contribution is 14.0. The third-order valence-electron chi connectivity index (χ3n) is 4.14. The van der Waals surface area contributed by atoms with Crippen molar-refractivity contribution in [3.8, 4) is 17.2 Å². The van der Waals surface area contributed by atoms with Gasteiger partial charge in [-0.15, -0.1) is 35.3 Å². The quantitative estimate of drug-likeness (QED) is 0.260. The molecule has 162 valence electrons. The Kier molecular flexibility index (Phi) is 10.5. The zero-order valence-corrected chi connectivity index (χ0v) is 20.6. The number of guanidine groups is 1. The van der Waals surface area contributed by atoms with Crippen LogP contribution in [0.1, 0.15) is 24.3 Å². The fourth-order valence-electron chi connectivity index (χ4n) is 2.67. The van der Waals surface area contributed by atoms with Crippen LogP contribution in [0.15, 0.2) is 34.6 Å². The van der Waals surface area contributed by atoms with Crippen molar-refractivity contribution in [1.82, 2.24) is 10.6 Å². The number of nitrogens with one attached hydrogen (secondary N) is 2. The van der Waals surface area contributed by atoms with Crippen molar-refractivity contribution in [2.24, 2.45) is 4.99 Å². The average Bonchev–Trinajstić information content (AvgIpc) is 3.25. The van der Waals surface area contributed by atoms with E-state index in [0.29, 0.717) is 42.8 Å². The maximum atomic E-state index is 10.7. The Morgan fingerprint density at radius 2 is 1.79 bits per heavy atom. The zero-order valence-electron chi connectivity index (χ0n) is 17.4. The molecule has 9 heteroatoms. The fourth-order valence-corrected chi connectivity index (χ4v) is 3.45. The molecular formula is C20H30IN3O4S. The summed E-state index contributed by atoms with van der Waals surface area (Å²) < 4.78 is 16.1. The monoisotopic (exact) mass is 535 g/mol. The maximum absolute atomic E-state index is 10.7. The van der Waals surface area contributed by atoms with Crippen LogP contribution in [0, 0.1) is 0 Å². The summed E-state index contributed by atoms with van der Waals surface area (Å²) >= 11 is 1.53. The van der Waals surface area contributed by atoms with Gasteiger partial charge in [0.2, 0.25) is 5.75 Å². The van der Waals surface area contributed by atoms with Crippen LogP contribution in [0.25, 0.3) is 0 Å². The average molecular weight is 535 g/mol. The number of halogens is 1. The standard InChI is InChI=1S/C20H29N3O4S.HI/c1-6-21-19(23-13-20(2,24)17-8-7-9-28-17)22-12-14-10-15(25-3)18(27-5)16(11-14)26-4;/h7-11,24H,6,12-13H2,1-5H3,(H2,21,22,23);1H. The van der Waals surface area contributed by atoms with Crippen LogP contribution in [0.3, 0.4) is 0 Å². The first-order valence-corrected chi connectivity index (χ1v) is 9.90. The zero-order chi connectivity index (χ0) is 20.6. The minimum absolute atomic E-state index is 0. The van der Waals surface area contributed by atoms with Gasteiger partial charge in [-0.05, 0) is 43.0 Å². The molecule has 2 rings (SSSR count). The van der Waals surface area contributed by atoms with Crippen LogP contribution in [0.4, 0.5) is 0 Å². The van der Waals surface area contributed by atoms with Crippen molar-refractivity contribution >= 4 is 41.3 Å². The number of aliphatic imine (C=N–C) groups is 1. The minimum atomic E-state index is -0.975. The summed E-state index contributed by atoms with van der Waals surface area (Å²) in [7, 11) is 4.75. The molecule has 0 spiro atoms. The summed E-state index contributed by atoms with van der Waals surface area (Å²) in [5.41, 5.74) is -0.0617. The third-order valence-corrected chi connectivity index (χ3v) is 5.26. The number of benzene rings is 1. The van der Waals surface area contributed by atoms with E-state index < -0.39 is 5.60 Å². The molecule has 0 amide bonds. The highest BCUT2D eigenvalue weighted by Gasteiger charge is 2.24. The van der Waals surface area contributed by atoms with Crippen molar-refractivity contribution in [1.29, 1.82) is 0 Å². The lowest BCUT2D eigenvalue weighted by molar-refractivity contribution is 0.0655. The predicted molar refractivity (Wildman–Crippen MR) is 128 cm³/mol. The molecule has 0 bridgehead atoms. The largest absolute Gasteiger partial charge is 0.493 e. The van der Waals surface area contributed by atoms with Crippen molar-refractivity contribution in [2.75, 3.05) is 34.4 Å². The number of hydrogen-bond acceptors (Lipinski definition) is 6. The molecule has 1 atom stereocenters. The van der Waals surface area contributed by atoms with Crippen LogP contribution in [0.5, 0.6) is 17.2 Å². The number of aliphatic hydroxyl groups is 1. The van der Waals surface area contributed by atoms with Gasteiger partial charge in [0, 0.05) is 11.4 Å². The molecule has 3 N–H and O–H groups in total. The van der Waals surface area contributed by atoms with Gasteiger partial charge in [-0.2, -0.15) is 0 Å². The molecule has 1 aromatic carbocycles. The molecular weight excluding hydrogens is 505 g/mol. The smallest absolute Gasteiger partial charge is 0.203 e. The number of methoxy groups -OCH3 is 3. The summed E-state index contributed by atoms with van der Waals surface area (Å²) in [4.78, 5) is 5.51. The molecule has 0 saturated heterocycles. The van der Waals surface area contributed by atoms with Gasteiger partial charge in [0.25, 0.3) is 0 Å². The van der Waals surface area contributed by atoms with Crippen molar-refractivity contribution in [3.05, 3.63) is 40.1 Å². The summed E-state index contributed by atoms with van der Waals surface area (Å²) in [5, 5.41) is 19.0. The van der Waals surface area contributed by atoms with Gasteiger partial charge in [0.1, 0.15) is 5.60 Å². The van der Waals surface area contributed by atoms with Gasteiger partial charge in [-0.3, -0.25) is 0 Å². The normalized spacial score (nSPS) is 13.1. The van der Waals surface area contributed by atoms with Crippen LogP contribution in [-0.4, -0.2) is 45.5 Å². The van der Waals surface area contributed by atoms with Gasteiger partial charge >= 0.3 is 0 Å². The summed E-state index contributed by atoms with van der Waals surface area (Å²) in [5.74, 6) is 2.35. The summed E-state index contributed by atoms with van der Waals surface area (Å²) in [6.45, 7) is 5.24. The number of ether oxygens (including phenoxy) is 3. The van der Waals surface area contributed by atoms with E-state index in [1.165, 1.54) is 11.3 Å². The van der Waals surface area contributed by atoms with E-state index in [1.807, 2.05) is 36.6 Å². The molecule has 0 aliphatic heterocycles. The van der Waals surface area contributed by atoms with Gasteiger partial charge in [0.15, 0.2) is 17.5 Å². The third kappa shape index (κ3) is 6.93. The summed E-state index contributed by atoms with van der Waals surface area (Å²) in [6.07, 6.45) is 0. The van der Waals surface area contributed by atoms with Crippen molar-refractivity contribution < 1.29 is 19.3 Å². The minimum Gasteiger partial charge on any atom is -0.493 e. The number of hydrogen-bond donors (Lipinski definition) is 3. The first-order valence-electron chi connectivity index (χ1n) is 9.02. The van der Waals surface area contributed by atoms with E-state index in [4.69, 9.17) is 14.2 Å². The SMILES string of the molecule is CCNC(=NCc1cc(OC)c(OC)c(OC)c1)NCC(C)(O)c1cccs1.I. The van der Waals surface area contributed by atoms with E-state index in [2.05, 4.69) is 15.6 Å². The van der Waals surface area contributed by atoms with E-state index in [9.17, 15) is 5.11 Å². The van der Waals surface area contributed by atoms with Crippen LogP contribution in [-0.2, 0) is 12.1 Å². The highest BCUT2D eigenvalue weighted by Crippen LogP contribution is 2.38. The number of nitrogens with zero attached hydrogens (tertiary/aromatic N) is 1. The van der Waals surface area contributed by atoms with Gasteiger partial charge in [-0.25, -0.2) is 4.99 Å². The lowest BCUT2D eigenvalue weighted by Crippen LogP contribution is -2.44. The van der Waals surface area contributed by atoms with E-state index in [-0.39, 0.29) is 24.0 Å². The van der Waals surface area contributed by atoms with Crippen molar-refractivity contribution in [2.45, 2.75) is 26.0 Å². The lowest BCUT2D eigenvalue weighted by Gasteiger charge is -2.23. The van der Waals surface area contributed by atoms with Crippen LogP contribution < -0.4 is 24.8 Å². The Bertz CT molecular complexity index is 757. The predicted octanol–water partition coefficient (Wildman–Crippen LogP) is 3.35. The lowest BCUT2D eigenvalue weighted by atomic mass is 10.1. The molecule has 1 unspecified atom stereocenters. The van der Waals surface area contributed by atoms with E-state index in [0.717, 1.165) is 10.4 Å². The second kappa shape index (κ2) is 12.1. The molecule has 29 heavy (non-hydrogen) atoms. The Morgan fingerprint density at radius 1 is 1.14 bits per heavy atom. The van der Waals surface area contributed by atoms with Crippen LogP contribution >= 0.6 is 35.3 Å². The van der Waals surface area contributed by atoms with Gasteiger partial charge in [-0.1, -0.05) is 6.07 Å². The van der Waals surface area contributed by atoms with Crippen LogP contribution in [0.2, 0.25) is 0 Å². The molecule has 1 aromatic heterocycles. The molecule has 7 nitrogen and oxygen atoms in total. The first-order chi connectivity index (χ1) is 13.4. The van der Waals surface area contributed by atoms with Gasteiger partial charge in [0.05, 0.1) is 34.4 Å². The van der Waals surface area contributed by atoms with E-state index >= 15 is 0 Å². The Morgan fingerprint density at radius 3 is 2.28 bits per heavy atom. The van der Waals surface area contributed by atoms with Gasteiger partial charge < -0.3 is 30.0 Å². The molecule has 0 aliphatic rings. The summed E-state index contributed by atoms with van der Waals surface area (Å²) in [6, 6.07) is 7.59. The first kappa shape index (κ1) is 25.3. The fraction of sp³-hybridized carbons (Fsp3) is 0.450. The second-order valence-corrected chi connectivity index (χ2v) is 7.28. The number of rotatable bonds is 9. The second-order valence-electron chi connectivity index (χ2n) is 6.33. The Balaban J connectivity index is 0.00000420. The number of thiophene rings is 1. The van der Waals surface area contributed by atoms with E-state index in [1.54, 1.807) is 28.3 Å². The Labute approximate surface area is 193 Å².